The average molecular weight is 613 g/mol. The largest absolute Gasteiger partial charge is 0.490 e. The summed E-state index contributed by atoms with van der Waals surface area (Å²) in [5, 5.41) is 0. The van der Waals surface area contributed by atoms with Gasteiger partial charge in [0.25, 0.3) is 0 Å². The molecule has 8 nitrogen and oxygen atoms in total. The first kappa shape index (κ1) is 32.9. The summed E-state index contributed by atoms with van der Waals surface area (Å²) in [7, 11) is 0. The van der Waals surface area contributed by atoms with E-state index in [0.717, 1.165) is 11.1 Å². The van der Waals surface area contributed by atoms with Gasteiger partial charge < -0.3 is 28.4 Å². The molecule has 0 aliphatic rings. The number of carbonyl (C=O) groups excluding carboxylic acids is 2. The second kappa shape index (κ2) is 16.2. The van der Waals surface area contributed by atoms with Crippen molar-refractivity contribution < 1.29 is 38.0 Å². The van der Waals surface area contributed by atoms with Gasteiger partial charge in [0, 0.05) is 19.3 Å². The molecule has 0 heterocycles. The Hall–Kier alpha value is -4.98. The van der Waals surface area contributed by atoms with E-state index in [4.69, 9.17) is 28.4 Å². The molecule has 0 aliphatic carbocycles. The molecule has 2 atom stereocenters. The second-order valence-electron chi connectivity index (χ2n) is 11.0. The van der Waals surface area contributed by atoms with Crippen LogP contribution >= 0.6 is 0 Å². The minimum absolute atomic E-state index is 0.160. The number of benzene rings is 4. The van der Waals surface area contributed by atoms with Crippen LogP contribution in [0.3, 0.4) is 0 Å². The summed E-state index contributed by atoms with van der Waals surface area (Å²) in [6, 6.07) is 34.4. The van der Waals surface area contributed by atoms with E-state index < -0.39 is 24.1 Å². The fourth-order valence-electron chi connectivity index (χ4n) is 4.59. The second-order valence-corrected chi connectivity index (χ2v) is 11.0. The molecule has 0 saturated heterocycles. The van der Waals surface area contributed by atoms with Crippen molar-refractivity contribution in [2.24, 2.45) is 0 Å². The van der Waals surface area contributed by atoms with Crippen LogP contribution in [0, 0.1) is 0 Å². The average Bonchev–Trinajstić information content (AvgIpc) is 3.04. The molecule has 0 aromatic heterocycles. The Morgan fingerprint density at radius 1 is 0.489 bits per heavy atom. The molecule has 0 fully saturated rings. The highest BCUT2D eigenvalue weighted by Crippen LogP contribution is 2.33. The monoisotopic (exact) mass is 612 g/mol. The summed E-state index contributed by atoms with van der Waals surface area (Å²) in [6.45, 7) is 7.71. The zero-order valence-electron chi connectivity index (χ0n) is 26.1. The smallest absolute Gasteiger partial charge is 0.303 e. The van der Waals surface area contributed by atoms with Gasteiger partial charge in [0.15, 0.2) is 12.2 Å². The lowest BCUT2D eigenvalue weighted by molar-refractivity contribution is -0.150. The highest BCUT2D eigenvalue weighted by Gasteiger charge is 2.24. The van der Waals surface area contributed by atoms with Crippen molar-refractivity contribution in [2.75, 3.05) is 26.4 Å². The zero-order valence-corrected chi connectivity index (χ0v) is 26.1. The highest BCUT2D eigenvalue weighted by atomic mass is 16.6. The predicted octanol–water partition coefficient (Wildman–Crippen LogP) is 6.79. The summed E-state index contributed by atoms with van der Waals surface area (Å²) in [4.78, 5) is 23.2. The van der Waals surface area contributed by atoms with Gasteiger partial charge in [-0.15, -0.1) is 0 Å². The Morgan fingerprint density at radius 2 is 0.778 bits per heavy atom. The van der Waals surface area contributed by atoms with Crippen molar-refractivity contribution >= 4 is 11.9 Å². The Balaban J connectivity index is 1.31. The molecule has 2 unspecified atom stereocenters. The molecule has 0 bridgehead atoms. The van der Waals surface area contributed by atoms with E-state index in [1.807, 2.05) is 109 Å². The summed E-state index contributed by atoms with van der Waals surface area (Å²) < 4.78 is 34.2. The molecule has 0 N–H and O–H groups in total. The van der Waals surface area contributed by atoms with Gasteiger partial charge in [-0.2, -0.15) is 0 Å². The van der Waals surface area contributed by atoms with Crippen LogP contribution in [0.5, 0.6) is 23.0 Å². The number of hydrogen-bond acceptors (Lipinski definition) is 8. The third-order valence-corrected chi connectivity index (χ3v) is 7.05. The van der Waals surface area contributed by atoms with Crippen molar-refractivity contribution in [2.45, 2.75) is 45.3 Å². The molecule has 4 aromatic carbocycles. The fraction of sp³-hybridized carbons (Fsp3) is 0.297. The van der Waals surface area contributed by atoms with Gasteiger partial charge in [0.05, 0.1) is 0 Å². The summed E-state index contributed by atoms with van der Waals surface area (Å²) in [5.41, 5.74) is 1.89. The first-order chi connectivity index (χ1) is 21.7. The summed E-state index contributed by atoms with van der Waals surface area (Å²) in [5.74, 6) is 1.92. The molecule has 8 heteroatoms. The molecular weight excluding hydrogens is 572 g/mol. The highest BCUT2D eigenvalue weighted by molar-refractivity contribution is 5.66. The maximum absolute atomic E-state index is 11.6. The molecule has 4 aromatic rings. The lowest BCUT2D eigenvalue weighted by Gasteiger charge is -2.27. The van der Waals surface area contributed by atoms with Crippen LogP contribution in [0.4, 0.5) is 0 Å². The molecular formula is C37H40O8. The normalized spacial score (nSPS) is 12.4. The van der Waals surface area contributed by atoms with Crippen molar-refractivity contribution in [3.05, 3.63) is 120 Å². The van der Waals surface area contributed by atoms with Crippen LogP contribution in [-0.2, 0) is 24.5 Å². The van der Waals surface area contributed by atoms with Crippen molar-refractivity contribution in [1.29, 1.82) is 0 Å². The van der Waals surface area contributed by atoms with Gasteiger partial charge in [-0.25, -0.2) is 0 Å². The zero-order chi connectivity index (χ0) is 32.1. The molecule has 236 valence electrons. The van der Waals surface area contributed by atoms with Crippen LogP contribution in [0.25, 0.3) is 0 Å². The van der Waals surface area contributed by atoms with E-state index >= 15 is 0 Å². The Labute approximate surface area is 264 Å². The number of hydrogen-bond donors (Lipinski definition) is 0. The molecule has 0 aliphatic heterocycles. The van der Waals surface area contributed by atoms with Gasteiger partial charge in [0.2, 0.25) is 0 Å². The van der Waals surface area contributed by atoms with Crippen LogP contribution in [-0.4, -0.2) is 50.6 Å². The minimum atomic E-state index is -0.555. The number of carbonyl (C=O) groups is 2. The number of esters is 2. The van der Waals surface area contributed by atoms with Gasteiger partial charge in [-0.3, -0.25) is 9.59 Å². The van der Waals surface area contributed by atoms with Gasteiger partial charge >= 0.3 is 11.9 Å². The van der Waals surface area contributed by atoms with Crippen molar-refractivity contribution in [3.63, 3.8) is 0 Å². The van der Waals surface area contributed by atoms with E-state index in [1.54, 1.807) is 0 Å². The minimum Gasteiger partial charge on any atom is -0.490 e. The van der Waals surface area contributed by atoms with E-state index in [-0.39, 0.29) is 31.8 Å². The maximum Gasteiger partial charge on any atom is 0.303 e. The van der Waals surface area contributed by atoms with Gasteiger partial charge in [0.1, 0.15) is 49.4 Å². The van der Waals surface area contributed by atoms with Crippen molar-refractivity contribution in [1.82, 2.24) is 0 Å². The molecule has 0 amide bonds. The standard InChI is InChI=1S/C37H40O8/c1-27(38)44-35(23-40-31-11-7-5-8-12-31)25-42-33-19-15-29(16-20-33)37(3,4)30-17-21-34(22-18-30)43-26-36(45-28(2)39)24-41-32-13-9-6-10-14-32/h5-22,35-36H,23-26H2,1-4H3. The van der Waals surface area contributed by atoms with E-state index in [9.17, 15) is 9.59 Å². The van der Waals surface area contributed by atoms with Crippen LogP contribution in [0.2, 0.25) is 0 Å². The first-order valence-electron chi connectivity index (χ1n) is 14.9. The number of ether oxygens (including phenoxy) is 6. The van der Waals surface area contributed by atoms with E-state index in [2.05, 4.69) is 13.8 Å². The maximum atomic E-state index is 11.6. The van der Waals surface area contributed by atoms with Crippen molar-refractivity contribution in [3.8, 4) is 23.0 Å². The van der Waals surface area contributed by atoms with Crippen LogP contribution in [0.15, 0.2) is 109 Å². The number of rotatable bonds is 16. The quantitative estimate of drug-likeness (QED) is 0.128. The molecule has 0 radical (unpaired) electrons. The number of para-hydroxylation sites is 2. The van der Waals surface area contributed by atoms with E-state index in [0.29, 0.717) is 23.0 Å². The van der Waals surface area contributed by atoms with Crippen LogP contribution < -0.4 is 18.9 Å². The fourth-order valence-corrected chi connectivity index (χ4v) is 4.59. The molecule has 4 rings (SSSR count). The lowest BCUT2D eigenvalue weighted by Crippen LogP contribution is -2.30. The van der Waals surface area contributed by atoms with E-state index in [1.165, 1.54) is 13.8 Å². The molecule has 0 spiro atoms. The summed E-state index contributed by atoms with van der Waals surface area (Å²) in [6.07, 6.45) is -1.11. The van der Waals surface area contributed by atoms with Gasteiger partial charge in [-0.1, -0.05) is 74.5 Å². The van der Waals surface area contributed by atoms with Gasteiger partial charge in [-0.05, 0) is 59.7 Å². The topological polar surface area (TPSA) is 89.5 Å². The Morgan fingerprint density at radius 3 is 1.07 bits per heavy atom. The third-order valence-electron chi connectivity index (χ3n) is 7.05. The summed E-state index contributed by atoms with van der Waals surface area (Å²) >= 11 is 0. The van der Waals surface area contributed by atoms with Crippen LogP contribution in [0.1, 0.15) is 38.8 Å². The third kappa shape index (κ3) is 10.6. The Bertz CT molecular complexity index is 1360. The first-order valence-corrected chi connectivity index (χ1v) is 14.9. The molecule has 45 heavy (non-hydrogen) atoms. The Kier molecular flexibility index (Phi) is 11.8. The predicted molar refractivity (Wildman–Crippen MR) is 171 cm³/mol. The lowest BCUT2D eigenvalue weighted by atomic mass is 9.78. The molecule has 0 saturated carbocycles. The SMILES string of the molecule is CC(=O)OC(COc1ccccc1)COc1ccc(C(C)(C)c2ccc(OCC(COc3ccccc3)OC(C)=O)cc2)cc1.